The first-order valence-electron chi connectivity index (χ1n) is 8.01. The Morgan fingerprint density at radius 3 is 1.86 bits per heavy atom. The molecule has 0 atom stereocenters. The van der Waals surface area contributed by atoms with Crippen LogP contribution >= 0.6 is 0 Å². The lowest BCUT2D eigenvalue weighted by Gasteiger charge is -2.22. The van der Waals surface area contributed by atoms with Gasteiger partial charge in [-0.25, -0.2) is 9.97 Å². The highest BCUT2D eigenvalue weighted by atomic mass is 15.2. The van der Waals surface area contributed by atoms with E-state index in [-0.39, 0.29) is 0 Å². The van der Waals surface area contributed by atoms with Crippen molar-refractivity contribution in [3.05, 3.63) is 48.8 Å². The second-order valence-electron chi connectivity index (χ2n) is 5.30. The first kappa shape index (κ1) is 15.5. The molecule has 2 heterocycles. The summed E-state index contributed by atoms with van der Waals surface area (Å²) >= 11 is 0. The third kappa shape index (κ3) is 5.18. The van der Waals surface area contributed by atoms with Crippen molar-refractivity contribution in [2.75, 3.05) is 11.4 Å². The second kappa shape index (κ2) is 9.11. The molecule has 112 valence electrons. The van der Waals surface area contributed by atoms with E-state index in [9.17, 15) is 0 Å². The molecule has 0 amide bonds. The highest BCUT2D eigenvalue weighted by molar-refractivity contribution is 5.55. The van der Waals surface area contributed by atoms with E-state index in [2.05, 4.69) is 21.8 Å². The number of hydrogen-bond acceptors (Lipinski definition) is 3. The summed E-state index contributed by atoms with van der Waals surface area (Å²) in [6, 6.07) is 12.0. The Labute approximate surface area is 128 Å². The van der Waals surface area contributed by atoms with Crippen LogP contribution in [-0.2, 0) is 0 Å². The van der Waals surface area contributed by atoms with Crippen LogP contribution in [0.2, 0.25) is 0 Å². The van der Waals surface area contributed by atoms with Crippen LogP contribution in [0.1, 0.15) is 45.4 Å². The van der Waals surface area contributed by atoms with Crippen LogP contribution in [-0.4, -0.2) is 16.5 Å². The third-order valence-electron chi connectivity index (χ3n) is 3.59. The number of pyridine rings is 2. The molecule has 0 aliphatic rings. The molecular weight excluding hydrogens is 258 g/mol. The van der Waals surface area contributed by atoms with E-state index in [1.54, 1.807) is 0 Å². The van der Waals surface area contributed by atoms with E-state index in [1.165, 1.54) is 38.5 Å². The lowest BCUT2D eigenvalue weighted by molar-refractivity contribution is 0.608. The molecule has 0 aliphatic carbocycles. The molecule has 0 bridgehead atoms. The van der Waals surface area contributed by atoms with Crippen molar-refractivity contribution in [2.45, 2.75) is 45.4 Å². The largest absolute Gasteiger partial charge is 0.311 e. The molecular formula is C18H25N3. The van der Waals surface area contributed by atoms with Gasteiger partial charge in [0.2, 0.25) is 0 Å². The van der Waals surface area contributed by atoms with Crippen molar-refractivity contribution in [3.63, 3.8) is 0 Å². The Morgan fingerprint density at radius 1 is 0.762 bits per heavy atom. The standard InChI is InChI=1S/C18H25N3/c1-2-3-4-5-6-11-16-21(17-12-7-9-14-19-17)18-13-8-10-15-20-18/h7-10,12-15H,2-6,11,16H2,1H3. The fourth-order valence-electron chi connectivity index (χ4n) is 2.42. The molecule has 0 saturated heterocycles. The van der Waals surface area contributed by atoms with Gasteiger partial charge >= 0.3 is 0 Å². The van der Waals surface area contributed by atoms with Crippen LogP contribution < -0.4 is 4.90 Å². The van der Waals surface area contributed by atoms with Crippen molar-refractivity contribution in [1.82, 2.24) is 9.97 Å². The Hall–Kier alpha value is -1.90. The molecule has 0 spiro atoms. The summed E-state index contributed by atoms with van der Waals surface area (Å²) in [4.78, 5) is 11.1. The number of anilines is 2. The van der Waals surface area contributed by atoms with Gasteiger partial charge in [-0.05, 0) is 30.7 Å². The maximum absolute atomic E-state index is 4.47. The molecule has 0 saturated carbocycles. The van der Waals surface area contributed by atoms with Gasteiger partial charge in [-0.2, -0.15) is 0 Å². The summed E-state index contributed by atoms with van der Waals surface area (Å²) in [5.74, 6) is 1.95. The van der Waals surface area contributed by atoms with Crippen molar-refractivity contribution in [2.24, 2.45) is 0 Å². The highest BCUT2D eigenvalue weighted by Crippen LogP contribution is 2.21. The Balaban J connectivity index is 1.94. The van der Waals surface area contributed by atoms with Crippen LogP contribution in [0.5, 0.6) is 0 Å². The molecule has 0 unspecified atom stereocenters. The zero-order valence-electron chi connectivity index (χ0n) is 12.9. The molecule has 2 rings (SSSR count). The van der Waals surface area contributed by atoms with Crippen LogP contribution in [0.4, 0.5) is 11.6 Å². The van der Waals surface area contributed by atoms with Crippen LogP contribution in [0.25, 0.3) is 0 Å². The number of unbranched alkanes of at least 4 members (excludes halogenated alkanes) is 5. The third-order valence-corrected chi connectivity index (χ3v) is 3.59. The average molecular weight is 283 g/mol. The van der Waals surface area contributed by atoms with Crippen molar-refractivity contribution in [1.29, 1.82) is 0 Å². The molecule has 2 aromatic heterocycles. The maximum atomic E-state index is 4.47. The number of nitrogens with zero attached hydrogens (tertiary/aromatic N) is 3. The molecule has 21 heavy (non-hydrogen) atoms. The SMILES string of the molecule is CCCCCCCCN(c1ccccn1)c1ccccn1. The van der Waals surface area contributed by atoms with E-state index >= 15 is 0 Å². The molecule has 0 fully saturated rings. The van der Waals surface area contributed by atoms with E-state index < -0.39 is 0 Å². The lowest BCUT2D eigenvalue weighted by atomic mass is 10.1. The molecule has 2 aromatic rings. The summed E-state index contributed by atoms with van der Waals surface area (Å²) < 4.78 is 0. The average Bonchev–Trinajstić information content (AvgIpc) is 2.56. The summed E-state index contributed by atoms with van der Waals surface area (Å²) in [5.41, 5.74) is 0. The molecule has 3 nitrogen and oxygen atoms in total. The smallest absolute Gasteiger partial charge is 0.134 e. The molecule has 0 N–H and O–H groups in total. The van der Waals surface area contributed by atoms with Gasteiger partial charge in [0.25, 0.3) is 0 Å². The van der Waals surface area contributed by atoms with Crippen molar-refractivity contribution in [3.8, 4) is 0 Å². The molecule has 3 heteroatoms. The summed E-state index contributed by atoms with van der Waals surface area (Å²) in [7, 11) is 0. The van der Waals surface area contributed by atoms with Gasteiger partial charge in [-0.15, -0.1) is 0 Å². The zero-order chi connectivity index (χ0) is 14.8. The Morgan fingerprint density at radius 2 is 1.33 bits per heavy atom. The van der Waals surface area contributed by atoms with Gasteiger partial charge in [0.1, 0.15) is 11.6 Å². The van der Waals surface area contributed by atoms with Gasteiger partial charge in [0, 0.05) is 18.9 Å². The van der Waals surface area contributed by atoms with E-state index in [1.807, 2.05) is 48.8 Å². The van der Waals surface area contributed by atoms with Gasteiger partial charge < -0.3 is 4.90 Å². The number of rotatable bonds is 9. The molecule has 0 aliphatic heterocycles. The molecule has 0 aromatic carbocycles. The monoisotopic (exact) mass is 283 g/mol. The van der Waals surface area contributed by atoms with Gasteiger partial charge in [-0.1, -0.05) is 51.2 Å². The fourth-order valence-corrected chi connectivity index (χ4v) is 2.42. The zero-order valence-corrected chi connectivity index (χ0v) is 12.9. The minimum absolute atomic E-state index is 0.972. The number of aromatic nitrogens is 2. The van der Waals surface area contributed by atoms with Crippen molar-refractivity contribution < 1.29 is 0 Å². The van der Waals surface area contributed by atoms with Gasteiger partial charge in [-0.3, -0.25) is 0 Å². The first-order chi connectivity index (χ1) is 10.4. The topological polar surface area (TPSA) is 29.0 Å². The minimum atomic E-state index is 0.972. The molecule has 0 radical (unpaired) electrons. The normalized spacial score (nSPS) is 10.5. The van der Waals surface area contributed by atoms with E-state index in [0.717, 1.165) is 18.2 Å². The second-order valence-corrected chi connectivity index (χ2v) is 5.30. The summed E-state index contributed by atoms with van der Waals surface area (Å²) in [5, 5.41) is 0. The van der Waals surface area contributed by atoms with Gasteiger partial charge in [0.15, 0.2) is 0 Å². The van der Waals surface area contributed by atoms with E-state index in [4.69, 9.17) is 0 Å². The summed E-state index contributed by atoms with van der Waals surface area (Å²) in [6.45, 7) is 3.23. The fraction of sp³-hybridized carbons (Fsp3) is 0.444. The Bertz CT molecular complexity index is 445. The number of hydrogen-bond donors (Lipinski definition) is 0. The lowest BCUT2D eigenvalue weighted by Crippen LogP contribution is -2.20. The van der Waals surface area contributed by atoms with Crippen LogP contribution in [0.15, 0.2) is 48.8 Å². The first-order valence-corrected chi connectivity index (χ1v) is 8.01. The van der Waals surface area contributed by atoms with Crippen LogP contribution in [0, 0.1) is 0 Å². The quantitative estimate of drug-likeness (QED) is 0.608. The van der Waals surface area contributed by atoms with E-state index in [0.29, 0.717) is 0 Å². The Kier molecular flexibility index (Phi) is 6.72. The minimum Gasteiger partial charge on any atom is -0.311 e. The van der Waals surface area contributed by atoms with Gasteiger partial charge in [0.05, 0.1) is 0 Å². The van der Waals surface area contributed by atoms with Crippen LogP contribution in [0.3, 0.4) is 0 Å². The predicted molar refractivity (Wildman–Crippen MR) is 88.9 cm³/mol. The maximum Gasteiger partial charge on any atom is 0.134 e. The predicted octanol–water partition coefficient (Wildman–Crippen LogP) is 4.98. The highest BCUT2D eigenvalue weighted by Gasteiger charge is 2.10. The summed E-state index contributed by atoms with van der Waals surface area (Å²) in [6.07, 6.45) is 11.5. The van der Waals surface area contributed by atoms with Crippen molar-refractivity contribution >= 4 is 11.6 Å².